The molecule has 0 aliphatic rings. The number of pyridine rings is 1. The lowest BCUT2D eigenvalue weighted by Gasteiger charge is -2.05. The molecule has 2 aromatic heterocycles. The summed E-state index contributed by atoms with van der Waals surface area (Å²) in [4.78, 5) is 32.5. The Morgan fingerprint density at radius 1 is 0.852 bits per heavy atom. The fraction of sp³-hybridized carbons (Fsp3) is 0. The van der Waals surface area contributed by atoms with Crippen LogP contribution in [0.1, 0.15) is 16.4 Å². The lowest BCUT2D eigenvalue weighted by Crippen LogP contribution is -2.41. The topological polar surface area (TPSA) is 97.1 Å². The molecule has 2 amide bonds. The molecule has 4 rings (SSSR count). The Hall–Kier alpha value is -4.00. The average molecular weight is 358 g/mol. The van der Waals surface area contributed by atoms with E-state index in [2.05, 4.69) is 20.8 Å². The Morgan fingerprint density at radius 3 is 2.48 bits per heavy atom. The number of hydrogen-bond donors (Lipinski definition) is 2. The van der Waals surface area contributed by atoms with Crippen LogP contribution in [0.2, 0.25) is 0 Å². The quantitative estimate of drug-likeness (QED) is 0.434. The molecule has 132 valence electrons. The van der Waals surface area contributed by atoms with E-state index in [4.69, 9.17) is 4.42 Å². The van der Waals surface area contributed by atoms with E-state index in [9.17, 15) is 9.59 Å². The molecular formula is C20H14N4O3. The van der Waals surface area contributed by atoms with Gasteiger partial charge in [0.25, 0.3) is 11.8 Å². The van der Waals surface area contributed by atoms with Gasteiger partial charge in [-0.3, -0.25) is 20.4 Å². The van der Waals surface area contributed by atoms with E-state index in [0.29, 0.717) is 22.5 Å². The van der Waals surface area contributed by atoms with Crippen LogP contribution in [0.25, 0.3) is 28.1 Å². The van der Waals surface area contributed by atoms with Gasteiger partial charge in [-0.1, -0.05) is 36.4 Å². The van der Waals surface area contributed by atoms with Gasteiger partial charge in [0.15, 0.2) is 5.58 Å². The Morgan fingerprint density at radius 2 is 1.63 bits per heavy atom. The number of carbonyl (C=O) groups is 2. The first-order chi connectivity index (χ1) is 13.2. The highest BCUT2D eigenvalue weighted by Gasteiger charge is 2.09. The molecule has 0 unspecified atom stereocenters. The molecular weight excluding hydrogens is 344 g/mol. The number of nitrogens with zero attached hydrogens (tertiary/aromatic N) is 2. The number of oxazole rings is 1. The molecule has 0 aliphatic carbocycles. The van der Waals surface area contributed by atoms with Crippen LogP contribution in [-0.2, 0) is 4.79 Å². The third-order valence-electron chi connectivity index (χ3n) is 3.82. The molecule has 0 fully saturated rings. The van der Waals surface area contributed by atoms with Crippen LogP contribution in [0.4, 0.5) is 0 Å². The SMILES string of the molecule is O=C(/C=C/c1nc2ccccc2o1)NNC(=O)c1ccc2ccccc2n1. The van der Waals surface area contributed by atoms with Crippen molar-refractivity contribution in [3.05, 3.63) is 78.3 Å². The smallest absolute Gasteiger partial charge is 0.288 e. The van der Waals surface area contributed by atoms with Crippen molar-refractivity contribution >= 4 is 39.9 Å². The van der Waals surface area contributed by atoms with Gasteiger partial charge in [0, 0.05) is 17.5 Å². The summed E-state index contributed by atoms with van der Waals surface area (Å²) in [6.07, 6.45) is 2.65. The second-order valence-corrected chi connectivity index (χ2v) is 5.69. The zero-order valence-corrected chi connectivity index (χ0v) is 14.0. The maximum Gasteiger partial charge on any atom is 0.288 e. The summed E-state index contributed by atoms with van der Waals surface area (Å²) in [6.45, 7) is 0. The largest absolute Gasteiger partial charge is 0.437 e. The first-order valence-electron chi connectivity index (χ1n) is 8.19. The number of aromatic nitrogens is 2. The zero-order chi connectivity index (χ0) is 18.6. The molecule has 2 heterocycles. The molecule has 4 aromatic rings. The lowest BCUT2D eigenvalue weighted by atomic mass is 10.2. The fourth-order valence-electron chi connectivity index (χ4n) is 2.52. The highest BCUT2D eigenvalue weighted by atomic mass is 16.3. The minimum Gasteiger partial charge on any atom is -0.437 e. The Bertz CT molecular complexity index is 1150. The van der Waals surface area contributed by atoms with E-state index in [1.54, 1.807) is 18.2 Å². The normalized spacial score (nSPS) is 11.1. The molecule has 0 aliphatic heterocycles. The van der Waals surface area contributed by atoms with E-state index in [1.165, 1.54) is 12.2 Å². The molecule has 0 bridgehead atoms. The summed E-state index contributed by atoms with van der Waals surface area (Å²) in [7, 11) is 0. The number of hydrogen-bond acceptors (Lipinski definition) is 5. The molecule has 0 saturated carbocycles. The maximum atomic E-state index is 12.1. The number of rotatable bonds is 3. The molecule has 0 spiro atoms. The van der Waals surface area contributed by atoms with E-state index >= 15 is 0 Å². The summed E-state index contributed by atoms with van der Waals surface area (Å²) < 4.78 is 5.48. The number of fused-ring (bicyclic) bond motifs is 2. The second-order valence-electron chi connectivity index (χ2n) is 5.69. The van der Waals surface area contributed by atoms with Gasteiger partial charge in [0.1, 0.15) is 11.2 Å². The average Bonchev–Trinajstić information content (AvgIpc) is 3.13. The minimum absolute atomic E-state index is 0.205. The predicted octanol–water partition coefficient (Wildman–Crippen LogP) is 2.85. The summed E-state index contributed by atoms with van der Waals surface area (Å²) in [6, 6.07) is 18.1. The van der Waals surface area contributed by atoms with Crippen LogP contribution in [0, 0.1) is 0 Å². The predicted molar refractivity (Wildman–Crippen MR) is 100 cm³/mol. The number of para-hydroxylation sites is 3. The molecule has 7 nitrogen and oxygen atoms in total. The zero-order valence-electron chi connectivity index (χ0n) is 14.0. The highest BCUT2D eigenvalue weighted by molar-refractivity contribution is 5.98. The molecule has 7 heteroatoms. The molecule has 0 saturated heterocycles. The summed E-state index contributed by atoms with van der Waals surface area (Å²) in [5.41, 5.74) is 6.86. The number of nitrogens with one attached hydrogen (secondary N) is 2. The molecule has 2 aromatic carbocycles. The standard InChI is InChI=1S/C20H14N4O3/c25-18(11-12-19-22-15-7-3-4-8-17(15)27-19)23-24-20(26)16-10-9-13-5-1-2-6-14(13)21-16/h1-12H,(H,23,25)(H,24,26)/b12-11+. The molecule has 2 N–H and O–H groups in total. The maximum absolute atomic E-state index is 12.1. The van der Waals surface area contributed by atoms with Crippen molar-refractivity contribution in [2.75, 3.05) is 0 Å². The Labute approximate surface area is 153 Å². The van der Waals surface area contributed by atoms with Crippen molar-refractivity contribution in [2.45, 2.75) is 0 Å². The first kappa shape index (κ1) is 16.5. The van der Waals surface area contributed by atoms with Crippen LogP contribution in [0.5, 0.6) is 0 Å². The van der Waals surface area contributed by atoms with Gasteiger partial charge in [-0.25, -0.2) is 9.97 Å². The van der Waals surface area contributed by atoms with Crippen LogP contribution < -0.4 is 10.9 Å². The summed E-state index contributed by atoms with van der Waals surface area (Å²) >= 11 is 0. The van der Waals surface area contributed by atoms with Gasteiger partial charge in [0.05, 0.1) is 5.52 Å². The number of benzene rings is 2. The number of carbonyl (C=O) groups excluding carboxylic acids is 2. The van der Waals surface area contributed by atoms with Crippen molar-refractivity contribution in [3.8, 4) is 0 Å². The van der Waals surface area contributed by atoms with Crippen molar-refractivity contribution in [1.29, 1.82) is 0 Å². The van der Waals surface area contributed by atoms with E-state index in [-0.39, 0.29) is 5.69 Å². The van der Waals surface area contributed by atoms with Crippen LogP contribution in [0.3, 0.4) is 0 Å². The van der Waals surface area contributed by atoms with E-state index in [1.807, 2.05) is 42.5 Å². The van der Waals surface area contributed by atoms with Crippen LogP contribution in [-0.4, -0.2) is 21.8 Å². The molecule has 27 heavy (non-hydrogen) atoms. The van der Waals surface area contributed by atoms with Gasteiger partial charge < -0.3 is 4.42 Å². The van der Waals surface area contributed by atoms with Crippen molar-refractivity contribution in [2.24, 2.45) is 0 Å². The van der Waals surface area contributed by atoms with Gasteiger partial charge in [-0.2, -0.15) is 0 Å². The second kappa shape index (κ2) is 7.09. The lowest BCUT2D eigenvalue weighted by molar-refractivity contribution is -0.117. The third kappa shape index (κ3) is 3.67. The van der Waals surface area contributed by atoms with Gasteiger partial charge >= 0.3 is 0 Å². The number of hydrazine groups is 1. The number of amides is 2. The fourth-order valence-corrected chi connectivity index (χ4v) is 2.52. The summed E-state index contributed by atoms with van der Waals surface area (Å²) in [5.74, 6) is -0.732. The highest BCUT2D eigenvalue weighted by Crippen LogP contribution is 2.15. The van der Waals surface area contributed by atoms with Crippen molar-refractivity contribution < 1.29 is 14.0 Å². The first-order valence-corrected chi connectivity index (χ1v) is 8.19. The van der Waals surface area contributed by atoms with Crippen molar-refractivity contribution in [1.82, 2.24) is 20.8 Å². The van der Waals surface area contributed by atoms with E-state index in [0.717, 1.165) is 5.39 Å². The molecule has 0 radical (unpaired) electrons. The Balaban J connectivity index is 1.38. The van der Waals surface area contributed by atoms with Crippen LogP contribution >= 0.6 is 0 Å². The van der Waals surface area contributed by atoms with Gasteiger partial charge in [-0.15, -0.1) is 0 Å². The Kier molecular flexibility index (Phi) is 4.32. The minimum atomic E-state index is -0.522. The summed E-state index contributed by atoms with van der Waals surface area (Å²) in [5, 5.41) is 0.930. The monoisotopic (exact) mass is 358 g/mol. The van der Waals surface area contributed by atoms with Gasteiger partial charge in [0.2, 0.25) is 5.89 Å². The van der Waals surface area contributed by atoms with Gasteiger partial charge in [-0.05, 0) is 24.3 Å². The van der Waals surface area contributed by atoms with Crippen LogP contribution in [0.15, 0.2) is 71.2 Å². The molecule has 0 atom stereocenters. The van der Waals surface area contributed by atoms with E-state index < -0.39 is 11.8 Å². The third-order valence-corrected chi connectivity index (χ3v) is 3.82. The van der Waals surface area contributed by atoms with Crippen molar-refractivity contribution in [3.63, 3.8) is 0 Å².